The number of Topliss-reactive ketones (excluding diaryl/α,β-unsaturated/α-hetero) is 1. The van der Waals surface area contributed by atoms with Gasteiger partial charge in [-0.25, -0.2) is 4.39 Å². The topological polar surface area (TPSA) is 46.2 Å². The average molecular weight is 379 g/mol. The first-order chi connectivity index (χ1) is 13.1. The molecule has 3 aromatic rings. The van der Waals surface area contributed by atoms with Gasteiger partial charge >= 0.3 is 0 Å². The maximum Gasteiger partial charge on any atom is 0.293 e. The summed E-state index contributed by atoms with van der Waals surface area (Å²) in [6, 6.07) is 14.7. The van der Waals surface area contributed by atoms with Gasteiger partial charge < -0.3 is 5.32 Å². The maximum atomic E-state index is 13.3. The van der Waals surface area contributed by atoms with Gasteiger partial charge in [0.05, 0.1) is 6.04 Å². The lowest BCUT2D eigenvalue weighted by atomic mass is 10.0. The monoisotopic (exact) mass is 379 g/mol. The van der Waals surface area contributed by atoms with Gasteiger partial charge in [-0.3, -0.25) is 9.59 Å². The van der Waals surface area contributed by atoms with Crippen LogP contribution < -0.4 is 5.32 Å². The number of amides is 1. The number of rotatable bonds is 5. The number of nitrogens with one attached hydrogen (secondary N) is 1. The summed E-state index contributed by atoms with van der Waals surface area (Å²) >= 11 is 1.48. The van der Waals surface area contributed by atoms with Gasteiger partial charge in [0.25, 0.3) is 5.91 Å². The molecule has 0 spiro atoms. The van der Waals surface area contributed by atoms with Gasteiger partial charge in [-0.15, -0.1) is 11.3 Å². The van der Waals surface area contributed by atoms with Crippen molar-refractivity contribution in [2.24, 2.45) is 0 Å². The van der Waals surface area contributed by atoms with Gasteiger partial charge in [0, 0.05) is 10.4 Å². The number of halogens is 1. The van der Waals surface area contributed by atoms with E-state index in [9.17, 15) is 14.0 Å². The first kappa shape index (κ1) is 17.6. The molecule has 1 heterocycles. The van der Waals surface area contributed by atoms with Crippen molar-refractivity contribution in [3.05, 3.63) is 92.9 Å². The summed E-state index contributed by atoms with van der Waals surface area (Å²) in [5, 5.41) is 4.72. The van der Waals surface area contributed by atoms with Gasteiger partial charge in [0.2, 0.25) is 5.78 Å². The molecule has 136 valence electrons. The molecule has 1 aliphatic rings. The largest absolute Gasteiger partial charge is 0.337 e. The molecule has 0 bridgehead atoms. The van der Waals surface area contributed by atoms with E-state index in [4.69, 9.17) is 0 Å². The van der Waals surface area contributed by atoms with E-state index < -0.39 is 17.7 Å². The fourth-order valence-electron chi connectivity index (χ4n) is 3.47. The number of hydrogen-bond acceptors (Lipinski definition) is 3. The standard InChI is InChI=1S/C22H18FNO2S/c23-18-10-8-15(9-11-18)20(19-5-2-12-27-19)24-22(26)21(25)17-7-6-14-3-1-4-16(14)13-17/h2,5-13,20H,1,3-4H2,(H,24,26)/t20-/m1/s1. The van der Waals surface area contributed by atoms with Crippen molar-refractivity contribution in [1.29, 1.82) is 0 Å². The number of thiophene rings is 1. The van der Waals surface area contributed by atoms with E-state index in [1.807, 2.05) is 29.6 Å². The first-order valence-electron chi connectivity index (χ1n) is 8.87. The average Bonchev–Trinajstić information content (AvgIpc) is 3.37. The van der Waals surface area contributed by atoms with Gasteiger partial charge in [0.1, 0.15) is 5.82 Å². The van der Waals surface area contributed by atoms with E-state index in [1.54, 1.807) is 18.2 Å². The summed E-state index contributed by atoms with van der Waals surface area (Å²) in [7, 11) is 0. The Labute approximate surface area is 160 Å². The zero-order valence-corrected chi connectivity index (χ0v) is 15.4. The van der Waals surface area contributed by atoms with E-state index >= 15 is 0 Å². The molecular weight excluding hydrogens is 361 g/mol. The van der Waals surface area contributed by atoms with Crippen LogP contribution in [0.4, 0.5) is 4.39 Å². The second-order valence-electron chi connectivity index (χ2n) is 6.64. The molecule has 0 radical (unpaired) electrons. The Morgan fingerprint density at radius 3 is 2.52 bits per heavy atom. The fourth-order valence-corrected chi connectivity index (χ4v) is 4.27. The van der Waals surface area contributed by atoms with Gasteiger partial charge in [-0.05, 0) is 65.6 Å². The van der Waals surface area contributed by atoms with Crippen LogP contribution in [0.1, 0.15) is 44.4 Å². The molecule has 0 saturated carbocycles. The number of carbonyl (C=O) groups excluding carboxylic acids is 2. The Balaban J connectivity index is 1.58. The van der Waals surface area contributed by atoms with Crippen LogP contribution in [0.5, 0.6) is 0 Å². The molecule has 0 saturated heterocycles. The van der Waals surface area contributed by atoms with Gasteiger partial charge in [-0.2, -0.15) is 0 Å². The lowest BCUT2D eigenvalue weighted by molar-refractivity contribution is -0.117. The Morgan fingerprint density at radius 2 is 1.78 bits per heavy atom. The van der Waals surface area contributed by atoms with E-state index in [2.05, 4.69) is 5.32 Å². The molecule has 4 rings (SSSR count). The van der Waals surface area contributed by atoms with Crippen LogP contribution in [0.15, 0.2) is 60.0 Å². The Hall–Kier alpha value is -2.79. The van der Waals surface area contributed by atoms with Crippen molar-refractivity contribution in [3.63, 3.8) is 0 Å². The number of hydrogen-bond donors (Lipinski definition) is 1. The molecule has 0 aliphatic heterocycles. The van der Waals surface area contributed by atoms with Crippen molar-refractivity contribution >= 4 is 23.0 Å². The summed E-state index contributed by atoms with van der Waals surface area (Å²) in [6.45, 7) is 0. The van der Waals surface area contributed by atoms with Crippen molar-refractivity contribution in [2.75, 3.05) is 0 Å². The highest BCUT2D eigenvalue weighted by Crippen LogP contribution is 2.27. The molecule has 1 aromatic heterocycles. The molecule has 0 fully saturated rings. The quantitative estimate of drug-likeness (QED) is 0.525. The Kier molecular flexibility index (Phi) is 4.86. The summed E-state index contributed by atoms with van der Waals surface area (Å²) in [5.41, 5.74) is 3.56. The third kappa shape index (κ3) is 3.69. The SMILES string of the molecule is O=C(N[C@H](c1ccc(F)cc1)c1cccs1)C(=O)c1ccc2c(c1)CCC2. The zero-order chi connectivity index (χ0) is 18.8. The van der Waals surface area contributed by atoms with Crippen molar-refractivity contribution in [1.82, 2.24) is 5.32 Å². The van der Waals surface area contributed by atoms with Crippen LogP contribution in [-0.4, -0.2) is 11.7 Å². The van der Waals surface area contributed by atoms with Crippen molar-refractivity contribution in [2.45, 2.75) is 25.3 Å². The van der Waals surface area contributed by atoms with Crippen LogP contribution in [0.3, 0.4) is 0 Å². The van der Waals surface area contributed by atoms with Crippen molar-refractivity contribution in [3.8, 4) is 0 Å². The summed E-state index contributed by atoms with van der Waals surface area (Å²) in [6.07, 6.45) is 3.07. The predicted octanol–water partition coefficient (Wildman–Crippen LogP) is 4.46. The highest BCUT2D eigenvalue weighted by molar-refractivity contribution is 7.10. The molecule has 0 unspecified atom stereocenters. The van der Waals surface area contributed by atoms with Crippen LogP contribution in [0.2, 0.25) is 0 Å². The molecule has 1 aliphatic carbocycles. The predicted molar refractivity (Wildman–Crippen MR) is 104 cm³/mol. The number of ketones is 1. The van der Waals surface area contributed by atoms with Crippen LogP contribution >= 0.6 is 11.3 Å². The summed E-state index contributed by atoms with van der Waals surface area (Å²) in [4.78, 5) is 26.2. The lowest BCUT2D eigenvalue weighted by Gasteiger charge is -2.18. The molecule has 3 nitrogen and oxygen atoms in total. The lowest BCUT2D eigenvalue weighted by Crippen LogP contribution is -2.34. The van der Waals surface area contributed by atoms with Gasteiger partial charge in [0.15, 0.2) is 0 Å². The fraction of sp³-hybridized carbons (Fsp3) is 0.182. The molecule has 1 atom stereocenters. The Morgan fingerprint density at radius 1 is 1.00 bits per heavy atom. The highest BCUT2D eigenvalue weighted by atomic mass is 32.1. The Bertz CT molecular complexity index is 980. The first-order valence-corrected chi connectivity index (χ1v) is 9.75. The summed E-state index contributed by atoms with van der Waals surface area (Å²) < 4.78 is 13.3. The maximum absolute atomic E-state index is 13.3. The van der Waals surface area contributed by atoms with Crippen LogP contribution in [-0.2, 0) is 17.6 Å². The van der Waals surface area contributed by atoms with Crippen LogP contribution in [0.25, 0.3) is 0 Å². The highest BCUT2D eigenvalue weighted by Gasteiger charge is 2.24. The van der Waals surface area contributed by atoms with Crippen molar-refractivity contribution < 1.29 is 14.0 Å². The minimum Gasteiger partial charge on any atom is -0.337 e. The molecular formula is C22H18FNO2S. The number of fused-ring (bicyclic) bond motifs is 1. The number of benzene rings is 2. The number of carbonyl (C=O) groups is 2. The normalized spacial score (nSPS) is 13.8. The third-order valence-corrected chi connectivity index (χ3v) is 5.81. The van der Waals surface area contributed by atoms with Crippen LogP contribution in [0, 0.1) is 5.82 Å². The van der Waals surface area contributed by atoms with E-state index in [-0.39, 0.29) is 5.82 Å². The minimum absolute atomic E-state index is 0.343. The molecule has 1 N–H and O–H groups in total. The minimum atomic E-state index is -0.657. The molecule has 1 amide bonds. The summed E-state index contributed by atoms with van der Waals surface area (Å²) in [5.74, 6) is -1.55. The second-order valence-corrected chi connectivity index (χ2v) is 7.62. The molecule has 27 heavy (non-hydrogen) atoms. The molecule has 5 heteroatoms. The second kappa shape index (κ2) is 7.45. The number of aryl methyl sites for hydroxylation is 2. The van der Waals surface area contributed by atoms with E-state index in [0.29, 0.717) is 5.56 Å². The zero-order valence-electron chi connectivity index (χ0n) is 14.6. The smallest absolute Gasteiger partial charge is 0.293 e. The van der Waals surface area contributed by atoms with Gasteiger partial charge in [-0.1, -0.05) is 30.3 Å². The third-order valence-electron chi connectivity index (χ3n) is 4.87. The van der Waals surface area contributed by atoms with E-state index in [1.165, 1.54) is 29.0 Å². The van der Waals surface area contributed by atoms with E-state index in [0.717, 1.165) is 35.3 Å². The molecule has 2 aromatic carbocycles.